The van der Waals surface area contributed by atoms with Gasteiger partial charge in [0.2, 0.25) is 0 Å². The number of aliphatic hydroxyl groups is 1. The van der Waals surface area contributed by atoms with Crippen LogP contribution in [0.1, 0.15) is 31.0 Å². The van der Waals surface area contributed by atoms with Crippen LogP contribution < -0.4 is 0 Å². The first-order chi connectivity index (χ1) is 11.5. The number of fused-ring (bicyclic) bond motifs is 1. The summed E-state index contributed by atoms with van der Waals surface area (Å²) in [7, 11) is 0. The molecule has 11 heteroatoms. The number of nitrogens with zero attached hydrogens (tertiary/aromatic N) is 1. The molecule has 2 N–H and O–H groups in total. The molecule has 0 aliphatic carbocycles. The number of H-pyrrole nitrogens is 1. The van der Waals surface area contributed by atoms with Crippen molar-refractivity contribution in [1.29, 1.82) is 0 Å². The highest BCUT2D eigenvalue weighted by molar-refractivity contribution is 7.79. The number of hydrogen-bond donors (Lipinski definition) is 2. The third kappa shape index (κ3) is 3.99. The number of alkyl halides is 3. The molecule has 138 valence electrons. The second kappa shape index (κ2) is 6.73. The summed E-state index contributed by atoms with van der Waals surface area (Å²) < 4.78 is 61.1. The molecule has 0 fully saturated rings. The highest BCUT2D eigenvalue weighted by atomic mass is 32.2. The standard InChI is InChI=1S/C14H15F3N2O5S/c1-2-3-13(20,7-25(23)24)12-5-8-4-11(19(21)22)9(14(15,16)17)6-10(8)18-12/h4-6,18,20H,2-3,7H2,1H3,(H,23,24)/p-1. The Morgan fingerprint density at radius 2 is 1.96 bits per heavy atom. The van der Waals surface area contributed by atoms with Crippen molar-refractivity contribution < 1.29 is 32.0 Å². The molecule has 1 heterocycles. The third-order valence-electron chi connectivity index (χ3n) is 3.76. The van der Waals surface area contributed by atoms with Crippen LogP contribution in [0.15, 0.2) is 18.2 Å². The van der Waals surface area contributed by atoms with Crippen molar-refractivity contribution in [2.45, 2.75) is 31.5 Å². The van der Waals surface area contributed by atoms with Gasteiger partial charge >= 0.3 is 6.18 Å². The third-order valence-corrected chi connectivity index (χ3v) is 4.47. The van der Waals surface area contributed by atoms with Crippen LogP contribution in [-0.2, 0) is 22.9 Å². The average molecular weight is 379 g/mol. The molecule has 0 saturated carbocycles. The highest BCUT2D eigenvalue weighted by Gasteiger charge is 2.39. The molecule has 2 aromatic rings. The van der Waals surface area contributed by atoms with Crippen LogP contribution in [0, 0.1) is 10.1 Å². The van der Waals surface area contributed by atoms with E-state index < -0.39 is 44.8 Å². The first kappa shape index (κ1) is 19.3. The maximum atomic E-state index is 13.0. The second-order valence-corrected chi connectivity index (χ2v) is 6.52. The van der Waals surface area contributed by atoms with E-state index >= 15 is 0 Å². The maximum Gasteiger partial charge on any atom is 0.423 e. The number of nitro benzene ring substituents is 1. The van der Waals surface area contributed by atoms with E-state index in [-0.39, 0.29) is 23.0 Å². The minimum Gasteiger partial charge on any atom is -0.772 e. The lowest BCUT2D eigenvalue weighted by molar-refractivity contribution is -0.387. The van der Waals surface area contributed by atoms with E-state index in [1.165, 1.54) is 6.07 Å². The smallest absolute Gasteiger partial charge is 0.423 e. The van der Waals surface area contributed by atoms with Crippen molar-refractivity contribution in [2.75, 3.05) is 5.75 Å². The van der Waals surface area contributed by atoms with E-state index in [2.05, 4.69) is 4.98 Å². The van der Waals surface area contributed by atoms with Crippen LogP contribution in [0.3, 0.4) is 0 Å². The lowest BCUT2D eigenvalue weighted by atomic mass is 9.96. The van der Waals surface area contributed by atoms with Crippen LogP contribution in [0.2, 0.25) is 0 Å². The SMILES string of the molecule is CCCC(O)(CS(=O)[O-])c1cc2cc([N+](=O)[O-])c(C(F)(F)F)cc2[nH]1. The van der Waals surface area contributed by atoms with E-state index in [4.69, 9.17) is 0 Å². The second-order valence-electron chi connectivity index (χ2n) is 5.62. The van der Waals surface area contributed by atoms with Gasteiger partial charge in [0.15, 0.2) is 0 Å². The number of aromatic amines is 1. The summed E-state index contributed by atoms with van der Waals surface area (Å²) >= 11 is -2.60. The molecule has 2 unspecified atom stereocenters. The zero-order valence-corrected chi connectivity index (χ0v) is 13.7. The molecule has 0 spiro atoms. The van der Waals surface area contributed by atoms with Gasteiger partial charge in [0.25, 0.3) is 5.69 Å². The number of aromatic nitrogens is 1. The monoisotopic (exact) mass is 379 g/mol. The summed E-state index contributed by atoms with van der Waals surface area (Å²) in [5, 5.41) is 21.6. The summed E-state index contributed by atoms with van der Waals surface area (Å²) in [5.74, 6) is -0.651. The minimum atomic E-state index is -4.93. The highest BCUT2D eigenvalue weighted by Crippen LogP contribution is 2.39. The molecule has 0 aliphatic rings. The summed E-state index contributed by atoms with van der Waals surface area (Å²) in [6.45, 7) is 1.70. The zero-order valence-electron chi connectivity index (χ0n) is 12.9. The number of hydrogen-bond acceptors (Lipinski definition) is 5. The average Bonchev–Trinajstić information content (AvgIpc) is 2.88. The number of nitrogens with one attached hydrogen (secondary N) is 1. The van der Waals surface area contributed by atoms with Crippen molar-refractivity contribution >= 4 is 27.7 Å². The van der Waals surface area contributed by atoms with Gasteiger partial charge in [0, 0.05) is 28.4 Å². The largest absolute Gasteiger partial charge is 0.772 e. The van der Waals surface area contributed by atoms with Crippen LogP contribution in [0.5, 0.6) is 0 Å². The molecular weight excluding hydrogens is 365 g/mol. The molecule has 0 saturated heterocycles. The van der Waals surface area contributed by atoms with Crippen LogP contribution in [0.25, 0.3) is 10.9 Å². The van der Waals surface area contributed by atoms with Gasteiger partial charge in [0.05, 0.1) is 4.92 Å². The number of benzene rings is 1. The van der Waals surface area contributed by atoms with E-state index in [9.17, 15) is 37.2 Å². The Kier molecular flexibility index (Phi) is 5.21. The van der Waals surface area contributed by atoms with E-state index in [0.29, 0.717) is 12.5 Å². The van der Waals surface area contributed by atoms with Gasteiger partial charge < -0.3 is 14.6 Å². The Morgan fingerprint density at radius 1 is 1.32 bits per heavy atom. The number of nitro groups is 1. The molecule has 1 aromatic carbocycles. The molecule has 2 rings (SSSR count). The fourth-order valence-corrected chi connectivity index (χ4v) is 3.38. The molecule has 1 aromatic heterocycles. The number of rotatable bonds is 6. The summed E-state index contributed by atoms with van der Waals surface area (Å²) in [6, 6.07) is 2.56. The lowest BCUT2D eigenvalue weighted by Crippen LogP contribution is -2.32. The Hall–Kier alpha value is -1.98. The maximum absolute atomic E-state index is 13.0. The summed E-state index contributed by atoms with van der Waals surface area (Å²) in [5.41, 5.74) is -4.46. The van der Waals surface area contributed by atoms with E-state index in [1.807, 2.05) is 0 Å². The van der Waals surface area contributed by atoms with E-state index in [1.54, 1.807) is 6.92 Å². The Morgan fingerprint density at radius 3 is 2.44 bits per heavy atom. The van der Waals surface area contributed by atoms with Crippen LogP contribution in [0.4, 0.5) is 18.9 Å². The molecule has 0 radical (unpaired) electrons. The van der Waals surface area contributed by atoms with Gasteiger partial charge in [-0.05, 0) is 18.6 Å². The van der Waals surface area contributed by atoms with Crippen molar-refractivity contribution in [3.8, 4) is 0 Å². The van der Waals surface area contributed by atoms with Gasteiger partial charge in [-0.1, -0.05) is 24.4 Å². The Balaban J connectivity index is 2.66. The van der Waals surface area contributed by atoms with Crippen LogP contribution >= 0.6 is 0 Å². The van der Waals surface area contributed by atoms with Crippen molar-refractivity contribution in [3.63, 3.8) is 0 Å². The topological polar surface area (TPSA) is 119 Å². The fourth-order valence-electron chi connectivity index (χ4n) is 2.69. The minimum absolute atomic E-state index is 0.0119. The molecule has 0 amide bonds. The fraction of sp³-hybridized carbons (Fsp3) is 0.429. The number of halogens is 3. The Bertz CT molecular complexity index is 836. The van der Waals surface area contributed by atoms with Crippen LogP contribution in [-0.4, -0.2) is 29.5 Å². The van der Waals surface area contributed by atoms with Gasteiger partial charge in [-0.3, -0.25) is 14.3 Å². The first-order valence-electron chi connectivity index (χ1n) is 7.15. The Labute approximate surface area is 142 Å². The predicted octanol–water partition coefficient (Wildman–Crippen LogP) is 2.96. The van der Waals surface area contributed by atoms with Gasteiger partial charge in [0.1, 0.15) is 11.2 Å². The van der Waals surface area contributed by atoms with Crippen molar-refractivity contribution in [1.82, 2.24) is 4.98 Å². The molecule has 2 atom stereocenters. The summed E-state index contributed by atoms with van der Waals surface area (Å²) in [4.78, 5) is 12.3. The van der Waals surface area contributed by atoms with Gasteiger partial charge in [-0.2, -0.15) is 13.2 Å². The molecular formula is C14H14F3N2O5S-. The predicted molar refractivity (Wildman–Crippen MR) is 82.5 cm³/mol. The molecule has 0 bridgehead atoms. The quantitative estimate of drug-likeness (QED) is 0.454. The van der Waals surface area contributed by atoms with Crippen molar-refractivity contribution in [2.24, 2.45) is 0 Å². The van der Waals surface area contributed by atoms with Crippen molar-refractivity contribution in [3.05, 3.63) is 39.6 Å². The lowest BCUT2D eigenvalue weighted by Gasteiger charge is -2.27. The molecule has 25 heavy (non-hydrogen) atoms. The van der Waals surface area contributed by atoms with Gasteiger partial charge in [-0.25, -0.2) is 0 Å². The molecule has 0 aliphatic heterocycles. The van der Waals surface area contributed by atoms with Gasteiger partial charge in [-0.15, -0.1) is 0 Å². The zero-order chi connectivity index (χ0) is 19.0. The normalized spacial score (nSPS) is 15.9. The summed E-state index contributed by atoms with van der Waals surface area (Å²) in [6.07, 6.45) is -4.48. The first-order valence-corrected chi connectivity index (χ1v) is 8.39. The van der Waals surface area contributed by atoms with E-state index in [0.717, 1.165) is 6.07 Å². The molecule has 7 nitrogen and oxygen atoms in total.